The van der Waals surface area contributed by atoms with Crippen molar-refractivity contribution in [2.24, 2.45) is 0 Å². The highest BCUT2D eigenvalue weighted by molar-refractivity contribution is 6.04. The molecule has 0 saturated carbocycles. The highest BCUT2D eigenvalue weighted by Gasteiger charge is 2.22. The molecule has 0 radical (unpaired) electrons. The van der Waals surface area contributed by atoms with Gasteiger partial charge in [-0.05, 0) is 110 Å². The van der Waals surface area contributed by atoms with Gasteiger partial charge in [-0.3, -0.25) is 0 Å². The topological polar surface area (TPSA) is 64.7 Å². The number of aryl methyl sites for hydroxylation is 6. The van der Waals surface area contributed by atoms with Crippen molar-refractivity contribution < 1.29 is 4.42 Å². The van der Waals surface area contributed by atoms with Crippen LogP contribution in [0.3, 0.4) is 0 Å². The highest BCUT2D eigenvalue weighted by Crippen LogP contribution is 2.42. The van der Waals surface area contributed by atoms with Crippen molar-refractivity contribution >= 4 is 11.0 Å². The first-order valence-electron chi connectivity index (χ1n) is 19.4. The summed E-state index contributed by atoms with van der Waals surface area (Å²) < 4.78 is 6.01. The maximum Gasteiger partial charge on any atom is 0.248 e. The number of rotatable bonds is 7. The molecular formula is C52H42N4O. The lowest BCUT2D eigenvalue weighted by Gasteiger charge is -2.20. The molecule has 0 saturated heterocycles. The number of hydrogen-bond acceptors (Lipinski definition) is 5. The Kier molecular flexibility index (Phi) is 9.14. The monoisotopic (exact) mass is 738 g/mol. The van der Waals surface area contributed by atoms with Crippen molar-refractivity contribution in [3.63, 3.8) is 0 Å². The van der Waals surface area contributed by atoms with E-state index in [0.29, 0.717) is 11.8 Å². The Morgan fingerprint density at radius 3 is 1.11 bits per heavy atom. The fourth-order valence-electron chi connectivity index (χ4n) is 8.41. The SMILES string of the molecule is Cc1cc(C)c(-c2ccc(-c3c(C)cc(C)cc3C)c3nc(-c4ccc(-c5ccc(-c6nnc(-c7ccccc7)o6)cc5)cc4)c(-c4ccccc4)nc23)c(C)c1. The molecule has 57 heavy (non-hydrogen) atoms. The van der Waals surface area contributed by atoms with Crippen molar-refractivity contribution in [3.8, 4) is 78.8 Å². The van der Waals surface area contributed by atoms with Crippen molar-refractivity contribution in [1.29, 1.82) is 0 Å². The minimum atomic E-state index is 0.491. The smallest absolute Gasteiger partial charge is 0.248 e. The highest BCUT2D eigenvalue weighted by atomic mass is 16.4. The van der Waals surface area contributed by atoms with Gasteiger partial charge in [-0.1, -0.05) is 132 Å². The van der Waals surface area contributed by atoms with Crippen LogP contribution in [0.1, 0.15) is 33.4 Å². The molecule has 2 heterocycles. The minimum absolute atomic E-state index is 0.491. The first-order chi connectivity index (χ1) is 27.7. The van der Waals surface area contributed by atoms with Gasteiger partial charge in [-0.15, -0.1) is 10.2 Å². The molecule has 0 atom stereocenters. The molecule has 276 valence electrons. The van der Waals surface area contributed by atoms with E-state index in [2.05, 4.69) is 149 Å². The van der Waals surface area contributed by atoms with E-state index in [1.807, 2.05) is 48.5 Å². The second kappa shape index (κ2) is 14.6. The molecule has 5 nitrogen and oxygen atoms in total. The van der Waals surface area contributed by atoms with Crippen molar-refractivity contribution in [2.45, 2.75) is 41.5 Å². The third kappa shape index (κ3) is 6.72. The molecule has 0 aliphatic rings. The van der Waals surface area contributed by atoms with Gasteiger partial charge < -0.3 is 4.42 Å². The molecule has 9 rings (SSSR count). The van der Waals surface area contributed by atoms with Crippen LogP contribution in [0.4, 0.5) is 0 Å². The normalized spacial score (nSPS) is 11.3. The molecule has 0 aliphatic carbocycles. The maximum absolute atomic E-state index is 6.01. The molecule has 0 amide bonds. The van der Waals surface area contributed by atoms with Crippen LogP contribution >= 0.6 is 0 Å². The van der Waals surface area contributed by atoms with Crippen molar-refractivity contribution in [1.82, 2.24) is 20.2 Å². The number of nitrogens with zero attached hydrogens (tertiary/aromatic N) is 4. The van der Waals surface area contributed by atoms with Gasteiger partial charge in [0, 0.05) is 33.4 Å². The lowest BCUT2D eigenvalue weighted by atomic mass is 9.88. The predicted molar refractivity (Wildman–Crippen MR) is 234 cm³/mol. The standard InChI is InChI=1S/C52H42N4O/c1-31-27-33(3)45(34(4)28-31)43-25-26-44(46-35(5)29-32(2)30-36(46)6)50-49(43)53-47(39-13-9-7-10-14-39)48(54-50)40-21-17-37(18-22-40)38-19-23-42(24-20-38)52-56-55-51(57-52)41-15-11-8-12-16-41/h7-30H,1-6H3. The van der Waals surface area contributed by atoms with Gasteiger partial charge in [0.25, 0.3) is 0 Å². The summed E-state index contributed by atoms with van der Waals surface area (Å²) in [6, 6.07) is 50.7. The number of aromatic nitrogens is 4. The molecule has 0 bridgehead atoms. The Hall–Kier alpha value is -6.98. The van der Waals surface area contributed by atoms with E-state index in [1.165, 1.54) is 44.5 Å². The van der Waals surface area contributed by atoms with Gasteiger partial charge >= 0.3 is 0 Å². The van der Waals surface area contributed by atoms with Crippen molar-refractivity contribution in [3.05, 3.63) is 179 Å². The Balaban J connectivity index is 1.18. The lowest BCUT2D eigenvalue weighted by Crippen LogP contribution is -2.01. The third-order valence-corrected chi connectivity index (χ3v) is 10.8. The Labute approximate surface area is 333 Å². The van der Waals surface area contributed by atoms with E-state index in [4.69, 9.17) is 14.4 Å². The van der Waals surface area contributed by atoms with Gasteiger partial charge in [0.05, 0.1) is 22.4 Å². The van der Waals surface area contributed by atoms with Crippen LogP contribution < -0.4 is 0 Å². The van der Waals surface area contributed by atoms with E-state index in [9.17, 15) is 0 Å². The Morgan fingerprint density at radius 1 is 0.351 bits per heavy atom. The molecule has 2 aromatic heterocycles. The summed E-state index contributed by atoms with van der Waals surface area (Å²) in [6.45, 7) is 13.1. The molecule has 0 spiro atoms. The van der Waals surface area contributed by atoms with Gasteiger partial charge in [0.1, 0.15) is 0 Å². The first-order valence-corrected chi connectivity index (χ1v) is 19.4. The summed E-state index contributed by atoms with van der Waals surface area (Å²) in [5.41, 5.74) is 21.5. The van der Waals surface area contributed by atoms with Gasteiger partial charge in [0.15, 0.2) is 0 Å². The zero-order valence-electron chi connectivity index (χ0n) is 33.1. The minimum Gasteiger partial charge on any atom is -0.416 e. The van der Waals surface area contributed by atoms with Crippen LogP contribution in [-0.2, 0) is 0 Å². The lowest BCUT2D eigenvalue weighted by molar-refractivity contribution is 0.584. The van der Waals surface area contributed by atoms with E-state index in [-0.39, 0.29) is 0 Å². The average molecular weight is 739 g/mol. The molecule has 0 N–H and O–H groups in total. The third-order valence-electron chi connectivity index (χ3n) is 10.8. The van der Waals surface area contributed by atoms with Crippen LogP contribution in [0.25, 0.3) is 89.8 Å². The van der Waals surface area contributed by atoms with E-state index in [1.54, 1.807) is 0 Å². The van der Waals surface area contributed by atoms with Gasteiger partial charge in [0.2, 0.25) is 11.8 Å². The van der Waals surface area contributed by atoms with Gasteiger partial charge in [-0.25, -0.2) is 9.97 Å². The zero-order chi connectivity index (χ0) is 39.2. The largest absolute Gasteiger partial charge is 0.416 e. The second-order valence-corrected chi connectivity index (χ2v) is 15.1. The summed E-state index contributed by atoms with van der Waals surface area (Å²) in [5.74, 6) is 0.995. The van der Waals surface area contributed by atoms with Crippen LogP contribution in [0.15, 0.2) is 150 Å². The second-order valence-electron chi connectivity index (χ2n) is 15.1. The first kappa shape index (κ1) is 35.7. The average Bonchev–Trinajstić information content (AvgIpc) is 3.72. The maximum atomic E-state index is 6.01. The number of benzene rings is 7. The molecule has 0 aliphatic heterocycles. The Morgan fingerprint density at radius 2 is 0.684 bits per heavy atom. The van der Waals surface area contributed by atoms with Crippen LogP contribution in [0.2, 0.25) is 0 Å². The number of fused-ring (bicyclic) bond motifs is 1. The van der Waals surface area contributed by atoms with Crippen LogP contribution in [0, 0.1) is 41.5 Å². The molecule has 9 aromatic rings. The zero-order valence-corrected chi connectivity index (χ0v) is 33.1. The Bertz CT molecular complexity index is 2880. The number of hydrogen-bond donors (Lipinski definition) is 0. The van der Waals surface area contributed by atoms with E-state index in [0.717, 1.165) is 66.9 Å². The molecular weight excluding hydrogens is 697 g/mol. The van der Waals surface area contributed by atoms with Crippen LogP contribution in [-0.4, -0.2) is 20.2 Å². The molecule has 0 fully saturated rings. The summed E-state index contributed by atoms with van der Waals surface area (Å²) in [4.78, 5) is 11.3. The summed E-state index contributed by atoms with van der Waals surface area (Å²) in [6.07, 6.45) is 0. The van der Waals surface area contributed by atoms with E-state index >= 15 is 0 Å². The van der Waals surface area contributed by atoms with Crippen molar-refractivity contribution in [2.75, 3.05) is 0 Å². The molecule has 0 unspecified atom stereocenters. The van der Waals surface area contributed by atoms with Crippen LogP contribution in [0.5, 0.6) is 0 Å². The fourth-order valence-corrected chi connectivity index (χ4v) is 8.41. The molecule has 5 heteroatoms. The van der Waals surface area contributed by atoms with E-state index < -0.39 is 0 Å². The summed E-state index contributed by atoms with van der Waals surface area (Å²) >= 11 is 0. The summed E-state index contributed by atoms with van der Waals surface area (Å²) in [5, 5.41) is 8.58. The quantitative estimate of drug-likeness (QED) is 0.163. The fraction of sp³-hybridized carbons (Fsp3) is 0.115. The van der Waals surface area contributed by atoms with Gasteiger partial charge in [-0.2, -0.15) is 0 Å². The molecule has 7 aromatic carbocycles. The predicted octanol–water partition coefficient (Wildman–Crippen LogP) is 13.5. The summed E-state index contributed by atoms with van der Waals surface area (Å²) in [7, 11) is 0.